The van der Waals surface area contributed by atoms with Crippen LogP contribution in [0.2, 0.25) is 5.02 Å². The van der Waals surface area contributed by atoms with Crippen LogP contribution in [0, 0.1) is 0 Å². The first-order chi connectivity index (χ1) is 11.7. The summed E-state index contributed by atoms with van der Waals surface area (Å²) < 4.78 is 0. The smallest absolute Gasteiger partial charge is 0.196 e. The first-order valence-electron chi connectivity index (χ1n) is 7.41. The molecule has 4 nitrogen and oxygen atoms in total. The highest BCUT2D eigenvalue weighted by Crippen LogP contribution is 2.27. The van der Waals surface area contributed by atoms with Gasteiger partial charge in [-0.2, -0.15) is 0 Å². The van der Waals surface area contributed by atoms with E-state index >= 15 is 0 Å². The minimum absolute atomic E-state index is 0.128. The van der Waals surface area contributed by atoms with Crippen LogP contribution in [0.1, 0.15) is 15.9 Å². The van der Waals surface area contributed by atoms with E-state index in [1.54, 1.807) is 49.1 Å². The van der Waals surface area contributed by atoms with Crippen molar-refractivity contribution in [3.8, 4) is 11.1 Å². The third-order valence-corrected chi connectivity index (χ3v) is 4.22. The molecule has 0 unspecified atom stereocenters. The number of nitrogens with one attached hydrogen (secondary N) is 1. The second kappa shape index (κ2) is 5.91. The number of aromatic amines is 1. The van der Waals surface area contributed by atoms with Gasteiger partial charge < -0.3 is 4.98 Å². The molecule has 3 heterocycles. The molecule has 116 valence electrons. The van der Waals surface area contributed by atoms with Gasteiger partial charge in [-0.1, -0.05) is 29.8 Å². The number of halogens is 1. The van der Waals surface area contributed by atoms with Crippen LogP contribution in [0.3, 0.4) is 0 Å². The summed E-state index contributed by atoms with van der Waals surface area (Å²) in [6, 6.07) is 12.8. The van der Waals surface area contributed by atoms with Crippen LogP contribution < -0.4 is 0 Å². The molecular weight excluding hydrogens is 322 g/mol. The Morgan fingerprint density at radius 3 is 2.67 bits per heavy atom. The lowest BCUT2D eigenvalue weighted by atomic mass is 10.0. The van der Waals surface area contributed by atoms with Gasteiger partial charge in [-0.15, -0.1) is 0 Å². The number of H-pyrrole nitrogens is 1. The summed E-state index contributed by atoms with van der Waals surface area (Å²) in [6.45, 7) is 0. The lowest BCUT2D eigenvalue weighted by Crippen LogP contribution is -2.01. The van der Waals surface area contributed by atoms with E-state index in [1.165, 1.54) is 0 Å². The van der Waals surface area contributed by atoms with Crippen molar-refractivity contribution in [1.29, 1.82) is 0 Å². The topological polar surface area (TPSA) is 58.6 Å². The number of hydrogen-bond acceptors (Lipinski definition) is 3. The first kappa shape index (κ1) is 14.6. The molecule has 4 rings (SSSR count). The summed E-state index contributed by atoms with van der Waals surface area (Å²) in [5.41, 5.74) is 3.55. The number of hydrogen-bond donors (Lipinski definition) is 1. The minimum atomic E-state index is -0.128. The number of benzene rings is 1. The Labute approximate surface area is 143 Å². The highest BCUT2D eigenvalue weighted by molar-refractivity contribution is 6.35. The molecular formula is C19H12ClN3O. The lowest BCUT2D eigenvalue weighted by Gasteiger charge is -2.04. The second-order valence-electron chi connectivity index (χ2n) is 5.37. The molecule has 0 bridgehead atoms. The van der Waals surface area contributed by atoms with Crippen molar-refractivity contribution in [2.75, 3.05) is 0 Å². The Morgan fingerprint density at radius 2 is 1.88 bits per heavy atom. The van der Waals surface area contributed by atoms with Crippen molar-refractivity contribution in [3.05, 3.63) is 83.4 Å². The average Bonchev–Trinajstić information content (AvgIpc) is 3.05. The molecule has 4 aromatic rings. The number of carbonyl (C=O) groups excluding carboxylic acids is 1. The molecule has 1 N–H and O–H groups in total. The van der Waals surface area contributed by atoms with Gasteiger partial charge in [0.25, 0.3) is 0 Å². The molecule has 0 saturated heterocycles. The highest BCUT2D eigenvalue weighted by atomic mass is 35.5. The highest BCUT2D eigenvalue weighted by Gasteiger charge is 2.17. The number of rotatable bonds is 3. The number of aromatic nitrogens is 3. The Balaban J connectivity index is 1.85. The van der Waals surface area contributed by atoms with E-state index in [2.05, 4.69) is 15.0 Å². The molecule has 0 aliphatic rings. The van der Waals surface area contributed by atoms with Crippen molar-refractivity contribution in [3.63, 3.8) is 0 Å². The molecule has 24 heavy (non-hydrogen) atoms. The van der Waals surface area contributed by atoms with Crippen molar-refractivity contribution in [1.82, 2.24) is 15.0 Å². The van der Waals surface area contributed by atoms with Crippen LogP contribution >= 0.6 is 11.6 Å². The number of ketones is 1. The summed E-state index contributed by atoms with van der Waals surface area (Å²) in [7, 11) is 0. The van der Waals surface area contributed by atoms with E-state index < -0.39 is 0 Å². The maximum absolute atomic E-state index is 12.8. The van der Waals surface area contributed by atoms with Crippen molar-refractivity contribution in [2.45, 2.75) is 0 Å². The maximum Gasteiger partial charge on any atom is 0.196 e. The number of fused-ring (bicyclic) bond motifs is 1. The van der Waals surface area contributed by atoms with Gasteiger partial charge >= 0.3 is 0 Å². The Hall–Kier alpha value is -2.98. The standard InChI is InChI=1S/C19H12ClN3O/c20-17-6-2-1-5-14(17)18(24)16-11-23-19-15(16)8-13(10-22-19)12-4-3-7-21-9-12/h1-11H,(H,22,23). The number of carbonyl (C=O) groups is 1. The molecule has 5 heteroatoms. The fourth-order valence-corrected chi connectivity index (χ4v) is 2.89. The molecule has 1 aromatic carbocycles. The van der Waals surface area contributed by atoms with E-state index in [1.807, 2.05) is 18.2 Å². The van der Waals surface area contributed by atoms with Crippen molar-refractivity contribution in [2.24, 2.45) is 0 Å². The molecule has 0 radical (unpaired) electrons. The van der Waals surface area contributed by atoms with Crippen LogP contribution in [0.5, 0.6) is 0 Å². The molecule has 0 aliphatic carbocycles. The van der Waals surface area contributed by atoms with Gasteiger partial charge in [-0.3, -0.25) is 9.78 Å². The number of pyridine rings is 2. The molecule has 0 fully saturated rings. The third kappa shape index (κ3) is 2.47. The molecule has 3 aromatic heterocycles. The Kier molecular flexibility index (Phi) is 3.59. The third-order valence-electron chi connectivity index (χ3n) is 3.89. The molecule has 0 aliphatic heterocycles. The minimum Gasteiger partial charge on any atom is -0.345 e. The van der Waals surface area contributed by atoms with Gasteiger partial charge in [0.05, 0.1) is 5.02 Å². The van der Waals surface area contributed by atoms with Gasteiger partial charge in [-0.05, 0) is 24.3 Å². The van der Waals surface area contributed by atoms with E-state index in [0.29, 0.717) is 21.8 Å². The average molecular weight is 334 g/mol. The van der Waals surface area contributed by atoms with Crippen LogP contribution in [0.15, 0.2) is 67.3 Å². The SMILES string of the molecule is O=C(c1ccccc1Cl)c1c[nH]c2ncc(-c3cccnc3)cc12. The van der Waals surface area contributed by atoms with Crippen LogP contribution in [-0.2, 0) is 0 Å². The molecule has 0 atom stereocenters. The molecule has 0 spiro atoms. The summed E-state index contributed by atoms with van der Waals surface area (Å²) in [5, 5.41) is 1.20. The normalized spacial score (nSPS) is 10.9. The lowest BCUT2D eigenvalue weighted by molar-refractivity contribution is 0.104. The van der Waals surface area contributed by atoms with Gasteiger partial charge in [0.1, 0.15) is 5.65 Å². The molecule has 0 amide bonds. The zero-order valence-corrected chi connectivity index (χ0v) is 13.3. The van der Waals surface area contributed by atoms with Crippen LogP contribution in [0.25, 0.3) is 22.2 Å². The summed E-state index contributed by atoms with van der Waals surface area (Å²) >= 11 is 6.16. The number of nitrogens with zero attached hydrogens (tertiary/aromatic N) is 2. The summed E-state index contributed by atoms with van der Waals surface area (Å²) in [6.07, 6.45) is 6.93. The van der Waals surface area contributed by atoms with E-state index in [-0.39, 0.29) is 5.78 Å². The monoisotopic (exact) mass is 333 g/mol. The van der Waals surface area contributed by atoms with E-state index in [9.17, 15) is 4.79 Å². The summed E-state index contributed by atoms with van der Waals surface area (Å²) in [4.78, 5) is 24.4. The van der Waals surface area contributed by atoms with Crippen molar-refractivity contribution < 1.29 is 4.79 Å². The quantitative estimate of drug-likeness (QED) is 0.561. The van der Waals surface area contributed by atoms with Crippen LogP contribution in [0.4, 0.5) is 0 Å². The fourth-order valence-electron chi connectivity index (χ4n) is 2.67. The maximum atomic E-state index is 12.8. The predicted octanol–water partition coefficient (Wildman–Crippen LogP) is 4.51. The molecule has 0 saturated carbocycles. The van der Waals surface area contributed by atoms with Gasteiger partial charge in [-0.25, -0.2) is 4.98 Å². The largest absolute Gasteiger partial charge is 0.345 e. The van der Waals surface area contributed by atoms with Gasteiger partial charge in [0.2, 0.25) is 0 Å². The van der Waals surface area contributed by atoms with E-state index in [0.717, 1.165) is 16.5 Å². The Morgan fingerprint density at radius 1 is 1.00 bits per heavy atom. The fraction of sp³-hybridized carbons (Fsp3) is 0. The van der Waals surface area contributed by atoms with Gasteiger partial charge in [0.15, 0.2) is 5.78 Å². The van der Waals surface area contributed by atoms with E-state index in [4.69, 9.17) is 11.6 Å². The zero-order valence-electron chi connectivity index (χ0n) is 12.5. The van der Waals surface area contributed by atoms with Crippen LogP contribution in [-0.4, -0.2) is 20.7 Å². The predicted molar refractivity (Wildman–Crippen MR) is 94.2 cm³/mol. The van der Waals surface area contributed by atoms with Crippen molar-refractivity contribution >= 4 is 28.4 Å². The Bertz CT molecular complexity index is 1040. The summed E-state index contributed by atoms with van der Waals surface area (Å²) in [5.74, 6) is -0.128. The van der Waals surface area contributed by atoms with Gasteiger partial charge in [0, 0.05) is 52.4 Å². The first-order valence-corrected chi connectivity index (χ1v) is 7.78. The zero-order chi connectivity index (χ0) is 16.5. The second-order valence-corrected chi connectivity index (χ2v) is 5.78.